The van der Waals surface area contributed by atoms with Crippen LogP contribution in [0.5, 0.6) is 5.88 Å². The highest BCUT2D eigenvalue weighted by atomic mass is 32.2. The molecule has 0 atom stereocenters. The van der Waals surface area contributed by atoms with Crippen LogP contribution >= 0.6 is 0 Å². The van der Waals surface area contributed by atoms with Gasteiger partial charge in [0, 0.05) is 37.3 Å². The van der Waals surface area contributed by atoms with Gasteiger partial charge in [0.15, 0.2) is 0 Å². The first-order valence-corrected chi connectivity index (χ1v) is 11.5. The van der Waals surface area contributed by atoms with Gasteiger partial charge in [-0.3, -0.25) is 4.79 Å². The number of piperidine rings is 1. The smallest absolute Gasteiger partial charge is 0.223 e. The van der Waals surface area contributed by atoms with Crippen molar-refractivity contribution in [3.8, 4) is 5.88 Å². The number of benzene rings is 1. The van der Waals surface area contributed by atoms with Gasteiger partial charge >= 0.3 is 0 Å². The van der Waals surface area contributed by atoms with Crippen molar-refractivity contribution in [1.29, 1.82) is 0 Å². The number of ether oxygens (including phenoxy) is 1. The van der Waals surface area contributed by atoms with Crippen molar-refractivity contribution in [2.45, 2.75) is 32.1 Å². The molecule has 1 aliphatic heterocycles. The molecule has 0 bridgehead atoms. The minimum atomic E-state index is -3.38. The molecular formula is C21H27N3O4S. The SMILES string of the molecule is CCOc1ncccc1CNC(=O)C1CCN(S(=O)(=O)Cc2ccccc2)CC1. The Morgan fingerprint density at radius 3 is 2.59 bits per heavy atom. The molecule has 0 unspecified atom stereocenters. The van der Waals surface area contributed by atoms with Crippen LogP contribution in [0.2, 0.25) is 0 Å². The molecule has 0 spiro atoms. The number of nitrogens with zero attached hydrogens (tertiary/aromatic N) is 2. The molecule has 0 saturated carbocycles. The van der Waals surface area contributed by atoms with Gasteiger partial charge in [-0.25, -0.2) is 17.7 Å². The van der Waals surface area contributed by atoms with Gasteiger partial charge in [-0.2, -0.15) is 0 Å². The topological polar surface area (TPSA) is 88.6 Å². The zero-order chi connectivity index (χ0) is 20.7. The molecule has 2 aromatic rings. The Balaban J connectivity index is 1.51. The number of hydrogen-bond donors (Lipinski definition) is 1. The summed E-state index contributed by atoms with van der Waals surface area (Å²) < 4.78 is 32.3. The molecular weight excluding hydrogens is 390 g/mol. The first-order valence-electron chi connectivity index (χ1n) is 9.85. The number of aromatic nitrogens is 1. The van der Waals surface area contributed by atoms with Crippen molar-refractivity contribution in [1.82, 2.24) is 14.6 Å². The normalized spacial score (nSPS) is 15.8. The maximum Gasteiger partial charge on any atom is 0.223 e. The zero-order valence-corrected chi connectivity index (χ0v) is 17.4. The standard InChI is InChI=1S/C21H27N3O4S/c1-2-28-21-19(9-6-12-22-21)15-23-20(25)18-10-13-24(14-11-18)29(26,27)16-17-7-4-3-5-8-17/h3-9,12,18H,2,10-11,13-16H2,1H3,(H,23,25). The van der Waals surface area contributed by atoms with E-state index in [4.69, 9.17) is 4.74 Å². The van der Waals surface area contributed by atoms with Gasteiger partial charge in [0.25, 0.3) is 0 Å². The molecule has 1 N–H and O–H groups in total. The van der Waals surface area contributed by atoms with Crippen LogP contribution in [-0.2, 0) is 27.1 Å². The molecule has 1 aliphatic rings. The van der Waals surface area contributed by atoms with Crippen molar-refractivity contribution in [3.63, 3.8) is 0 Å². The summed E-state index contributed by atoms with van der Waals surface area (Å²) in [7, 11) is -3.38. The Labute approximate surface area is 172 Å². The van der Waals surface area contributed by atoms with E-state index in [1.165, 1.54) is 4.31 Å². The van der Waals surface area contributed by atoms with E-state index in [1.807, 2.05) is 43.3 Å². The third-order valence-electron chi connectivity index (χ3n) is 4.99. The van der Waals surface area contributed by atoms with Crippen LogP contribution in [0.1, 0.15) is 30.9 Å². The van der Waals surface area contributed by atoms with E-state index >= 15 is 0 Å². The molecule has 1 fully saturated rings. The molecule has 1 saturated heterocycles. The van der Waals surface area contributed by atoms with Crippen LogP contribution in [-0.4, -0.2) is 43.3 Å². The van der Waals surface area contributed by atoms with Crippen LogP contribution in [0, 0.1) is 5.92 Å². The van der Waals surface area contributed by atoms with E-state index in [0.717, 1.165) is 11.1 Å². The molecule has 156 valence electrons. The Morgan fingerprint density at radius 1 is 1.17 bits per heavy atom. The molecule has 1 amide bonds. The van der Waals surface area contributed by atoms with Crippen LogP contribution < -0.4 is 10.1 Å². The number of nitrogens with one attached hydrogen (secondary N) is 1. The largest absolute Gasteiger partial charge is 0.478 e. The summed E-state index contributed by atoms with van der Waals surface area (Å²) in [6.45, 7) is 3.47. The third-order valence-corrected chi connectivity index (χ3v) is 6.84. The summed E-state index contributed by atoms with van der Waals surface area (Å²) in [6.07, 6.45) is 2.69. The maximum atomic E-state index is 12.6. The average molecular weight is 418 g/mol. The molecule has 7 nitrogen and oxygen atoms in total. The van der Waals surface area contributed by atoms with E-state index in [9.17, 15) is 13.2 Å². The second-order valence-electron chi connectivity index (χ2n) is 7.03. The lowest BCUT2D eigenvalue weighted by Crippen LogP contribution is -2.43. The van der Waals surface area contributed by atoms with E-state index in [1.54, 1.807) is 12.3 Å². The average Bonchev–Trinajstić information content (AvgIpc) is 2.73. The van der Waals surface area contributed by atoms with E-state index in [-0.39, 0.29) is 17.6 Å². The summed E-state index contributed by atoms with van der Waals surface area (Å²) in [6, 6.07) is 12.8. The predicted molar refractivity (Wildman–Crippen MR) is 111 cm³/mol. The lowest BCUT2D eigenvalue weighted by Gasteiger charge is -2.30. The molecule has 3 rings (SSSR count). The zero-order valence-electron chi connectivity index (χ0n) is 16.6. The Hall–Kier alpha value is -2.45. The number of hydrogen-bond acceptors (Lipinski definition) is 5. The van der Waals surface area contributed by atoms with Gasteiger partial charge in [-0.05, 0) is 31.4 Å². The summed E-state index contributed by atoms with van der Waals surface area (Å²) in [5, 5.41) is 2.93. The van der Waals surface area contributed by atoms with Crippen molar-refractivity contribution < 1.29 is 17.9 Å². The molecule has 1 aromatic carbocycles. The number of sulfonamides is 1. The second kappa shape index (κ2) is 9.84. The van der Waals surface area contributed by atoms with Crippen molar-refractivity contribution in [2.24, 2.45) is 5.92 Å². The van der Waals surface area contributed by atoms with Gasteiger partial charge in [0.05, 0.1) is 12.4 Å². The Bertz CT molecular complexity index is 911. The highest BCUT2D eigenvalue weighted by Gasteiger charge is 2.31. The van der Waals surface area contributed by atoms with E-state index in [2.05, 4.69) is 10.3 Å². The fourth-order valence-corrected chi connectivity index (χ4v) is 4.99. The maximum absolute atomic E-state index is 12.6. The highest BCUT2D eigenvalue weighted by molar-refractivity contribution is 7.88. The fourth-order valence-electron chi connectivity index (χ4n) is 3.42. The van der Waals surface area contributed by atoms with Crippen molar-refractivity contribution >= 4 is 15.9 Å². The summed E-state index contributed by atoms with van der Waals surface area (Å²) >= 11 is 0. The number of rotatable bonds is 8. The molecule has 0 radical (unpaired) electrons. The fraction of sp³-hybridized carbons (Fsp3) is 0.429. The van der Waals surface area contributed by atoms with Crippen molar-refractivity contribution in [3.05, 3.63) is 59.8 Å². The van der Waals surface area contributed by atoms with Crippen molar-refractivity contribution in [2.75, 3.05) is 19.7 Å². The molecule has 0 aliphatic carbocycles. The predicted octanol–water partition coefficient (Wildman–Crippen LogP) is 2.34. The molecule has 8 heteroatoms. The first kappa shape index (κ1) is 21.3. The molecule has 1 aromatic heterocycles. The van der Waals surface area contributed by atoms with Crippen LogP contribution in [0.25, 0.3) is 0 Å². The Kier molecular flexibility index (Phi) is 7.22. The van der Waals surface area contributed by atoms with Crippen LogP contribution in [0.4, 0.5) is 0 Å². The number of carbonyl (C=O) groups is 1. The molecule has 29 heavy (non-hydrogen) atoms. The quantitative estimate of drug-likeness (QED) is 0.712. The van der Waals surface area contributed by atoms with Crippen LogP contribution in [0.3, 0.4) is 0 Å². The number of amides is 1. The minimum absolute atomic E-state index is 0.00802. The monoisotopic (exact) mass is 417 g/mol. The van der Waals surface area contributed by atoms with Gasteiger partial charge in [0.2, 0.25) is 21.8 Å². The lowest BCUT2D eigenvalue weighted by atomic mass is 9.97. The molecule has 2 heterocycles. The second-order valence-corrected chi connectivity index (χ2v) is 9.00. The minimum Gasteiger partial charge on any atom is -0.478 e. The van der Waals surface area contributed by atoms with E-state index < -0.39 is 10.0 Å². The first-order chi connectivity index (χ1) is 14.0. The van der Waals surface area contributed by atoms with Gasteiger partial charge in [-0.1, -0.05) is 36.4 Å². The van der Waals surface area contributed by atoms with Gasteiger partial charge in [0.1, 0.15) is 0 Å². The third kappa shape index (κ3) is 5.77. The summed E-state index contributed by atoms with van der Waals surface area (Å²) in [4.78, 5) is 16.7. The van der Waals surface area contributed by atoms with Crippen LogP contribution in [0.15, 0.2) is 48.7 Å². The van der Waals surface area contributed by atoms with E-state index in [0.29, 0.717) is 45.0 Å². The summed E-state index contributed by atoms with van der Waals surface area (Å²) in [5.74, 6) is 0.269. The lowest BCUT2D eigenvalue weighted by molar-refractivity contribution is -0.126. The Morgan fingerprint density at radius 2 is 1.90 bits per heavy atom. The summed E-state index contributed by atoms with van der Waals surface area (Å²) in [5.41, 5.74) is 1.60. The number of pyridine rings is 1. The van der Waals surface area contributed by atoms with Gasteiger partial charge < -0.3 is 10.1 Å². The highest BCUT2D eigenvalue weighted by Crippen LogP contribution is 2.22. The number of carbonyl (C=O) groups excluding carboxylic acids is 1. The van der Waals surface area contributed by atoms with Gasteiger partial charge in [-0.15, -0.1) is 0 Å².